The molecule has 0 saturated carbocycles. The van der Waals surface area contributed by atoms with Crippen LogP contribution in [0.2, 0.25) is 0 Å². The number of nitrogens with one attached hydrogen (secondary N) is 1. The zero-order chi connectivity index (χ0) is 22.9. The quantitative estimate of drug-likeness (QED) is 0.527. The molecule has 9 heteroatoms. The van der Waals surface area contributed by atoms with Gasteiger partial charge in [0.15, 0.2) is 17.3 Å². The molecule has 0 spiro atoms. The summed E-state index contributed by atoms with van der Waals surface area (Å²) in [5.74, 6) is -1.53. The fourth-order valence-corrected chi connectivity index (χ4v) is 4.75. The summed E-state index contributed by atoms with van der Waals surface area (Å²) in [7, 11) is 1.43. The monoisotopic (exact) mass is 446 g/mol. The number of β-lactam (4-membered cyclic amide) rings is 1. The van der Waals surface area contributed by atoms with E-state index in [1.54, 1.807) is 58.0 Å². The van der Waals surface area contributed by atoms with Gasteiger partial charge in [0.1, 0.15) is 11.9 Å². The molecule has 3 rings (SSSR count). The van der Waals surface area contributed by atoms with E-state index in [9.17, 15) is 19.2 Å². The summed E-state index contributed by atoms with van der Waals surface area (Å²) in [6, 6.07) is 8.53. The Morgan fingerprint density at radius 2 is 1.81 bits per heavy atom. The number of ether oxygens (including phenoxy) is 2. The largest absolute Gasteiger partial charge is 0.445 e. The van der Waals surface area contributed by atoms with E-state index < -0.39 is 28.3 Å². The highest BCUT2D eigenvalue weighted by molar-refractivity contribution is 8.00. The Kier molecular flexibility index (Phi) is 6.56. The number of methoxy groups -OCH3 is 1. The van der Waals surface area contributed by atoms with E-state index in [0.717, 1.165) is 0 Å². The Morgan fingerprint density at radius 1 is 1.16 bits per heavy atom. The van der Waals surface area contributed by atoms with Crippen LogP contribution in [0.5, 0.6) is 0 Å². The summed E-state index contributed by atoms with van der Waals surface area (Å²) < 4.78 is 10.8. The first-order valence-electron chi connectivity index (χ1n) is 9.86. The first-order valence-corrected chi connectivity index (χ1v) is 10.8. The van der Waals surface area contributed by atoms with Crippen LogP contribution in [0.4, 0.5) is 0 Å². The standard InChI is InChI=1S/C22H26N2O6S/c1-12-15(17(26)22(2,3)4)24-19(28)16(29-5)20(24)31-21(12)30-14(25)11-23-18(27)13-9-7-6-8-10-13/h6-10,16,20-21H,11H2,1-5H3,(H,23,27)/t16-,20-,21?/m0/s1. The number of rotatable bonds is 6. The molecule has 1 saturated heterocycles. The highest BCUT2D eigenvalue weighted by atomic mass is 32.2. The maximum Gasteiger partial charge on any atom is 0.326 e. The first kappa shape index (κ1) is 23.0. The van der Waals surface area contributed by atoms with Crippen LogP contribution in [-0.2, 0) is 23.9 Å². The molecule has 1 aromatic rings. The molecule has 2 aliphatic heterocycles. The molecular weight excluding hydrogens is 420 g/mol. The summed E-state index contributed by atoms with van der Waals surface area (Å²) in [6.45, 7) is 6.66. The number of carbonyl (C=O) groups excluding carboxylic acids is 4. The number of esters is 1. The first-order chi connectivity index (χ1) is 14.6. The summed E-state index contributed by atoms with van der Waals surface area (Å²) in [5, 5.41) is 2.07. The van der Waals surface area contributed by atoms with Gasteiger partial charge in [-0.25, -0.2) is 0 Å². The number of carbonyl (C=O) groups is 4. The number of thioether (sulfide) groups is 1. The number of fused-ring (bicyclic) bond motifs is 1. The lowest BCUT2D eigenvalue weighted by Crippen LogP contribution is -2.66. The second-order valence-corrected chi connectivity index (χ2v) is 9.56. The van der Waals surface area contributed by atoms with Crippen LogP contribution in [0, 0.1) is 5.41 Å². The minimum Gasteiger partial charge on any atom is -0.445 e. The van der Waals surface area contributed by atoms with Gasteiger partial charge in [0.05, 0.1) is 5.70 Å². The van der Waals surface area contributed by atoms with Gasteiger partial charge in [0.2, 0.25) is 0 Å². The van der Waals surface area contributed by atoms with Crippen LogP contribution in [0.3, 0.4) is 0 Å². The van der Waals surface area contributed by atoms with Crippen LogP contribution in [0.15, 0.2) is 41.6 Å². The highest BCUT2D eigenvalue weighted by Gasteiger charge is 2.56. The van der Waals surface area contributed by atoms with Crippen molar-refractivity contribution in [3.05, 3.63) is 47.2 Å². The van der Waals surface area contributed by atoms with E-state index in [2.05, 4.69) is 5.32 Å². The fraction of sp³-hybridized carbons (Fsp3) is 0.455. The van der Waals surface area contributed by atoms with Gasteiger partial charge in [-0.15, -0.1) is 0 Å². The molecule has 0 aromatic heterocycles. The molecule has 8 nitrogen and oxygen atoms in total. The maximum absolute atomic E-state index is 13.1. The predicted molar refractivity (Wildman–Crippen MR) is 115 cm³/mol. The third kappa shape index (κ3) is 4.52. The molecular formula is C22H26N2O6S. The number of Topliss-reactive ketones (excluding diaryl/α,β-unsaturated/α-hetero) is 1. The molecule has 1 N–H and O–H groups in total. The van der Waals surface area contributed by atoms with Crippen LogP contribution < -0.4 is 5.32 Å². The van der Waals surface area contributed by atoms with Crippen LogP contribution in [0.25, 0.3) is 0 Å². The van der Waals surface area contributed by atoms with Gasteiger partial charge in [-0.2, -0.15) is 0 Å². The van der Waals surface area contributed by atoms with Gasteiger partial charge in [-0.1, -0.05) is 50.7 Å². The lowest BCUT2D eigenvalue weighted by Gasteiger charge is -2.51. The van der Waals surface area contributed by atoms with E-state index >= 15 is 0 Å². The summed E-state index contributed by atoms with van der Waals surface area (Å²) in [6.07, 6.45) is -0.708. The second kappa shape index (κ2) is 8.84. The molecule has 1 fully saturated rings. The van der Waals surface area contributed by atoms with Gasteiger partial charge in [0.25, 0.3) is 11.8 Å². The highest BCUT2D eigenvalue weighted by Crippen LogP contribution is 2.46. The topological polar surface area (TPSA) is 102 Å². The van der Waals surface area contributed by atoms with E-state index in [-0.39, 0.29) is 29.8 Å². The Hall–Kier alpha value is -2.65. The van der Waals surface area contributed by atoms with E-state index in [4.69, 9.17) is 9.47 Å². The Bertz CT molecular complexity index is 937. The number of hydrogen-bond acceptors (Lipinski definition) is 7. The van der Waals surface area contributed by atoms with Crippen LogP contribution >= 0.6 is 11.8 Å². The van der Waals surface area contributed by atoms with Crippen molar-refractivity contribution >= 4 is 35.3 Å². The molecule has 0 aliphatic carbocycles. The van der Waals surface area contributed by atoms with Crippen LogP contribution in [-0.4, -0.2) is 59.0 Å². The Morgan fingerprint density at radius 3 is 2.39 bits per heavy atom. The van der Waals surface area contributed by atoms with E-state index in [1.807, 2.05) is 0 Å². The van der Waals surface area contributed by atoms with Crippen molar-refractivity contribution in [1.29, 1.82) is 0 Å². The zero-order valence-corrected chi connectivity index (χ0v) is 18.9. The summed E-state index contributed by atoms with van der Waals surface area (Å²) in [4.78, 5) is 51.6. The number of ketones is 1. The molecule has 0 radical (unpaired) electrons. The average molecular weight is 447 g/mol. The maximum atomic E-state index is 13.1. The third-order valence-electron chi connectivity index (χ3n) is 5.04. The number of benzene rings is 1. The van der Waals surface area contributed by atoms with Crippen molar-refractivity contribution in [2.24, 2.45) is 5.41 Å². The third-order valence-corrected chi connectivity index (χ3v) is 6.48. The molecule has 2 heterocycles. The SMILES string of the molecule is CO[C@H]1C(=O)N2C(C(=O)C(C)(C)C)=C(C)C(OC(=O)CNC(=O)c3ccccc3)S[C@@H]12. The molecule has 166 valence electrons. The van der Waals surface area contributed by atoms with E-state index in [0.29, 0.717) is 11.1 Å². The molecule has 2 aliphatic rings. The average Bonchev–Trinajstić information content (AvgIpc) is 2.73. The molecule has 0 bridgehead atoms. The molecule has 1 aromatic carbocycles. The lowest BCUT2D eigenvalue weighted by atomic mass is 9.85. The van der Waals surface area contributed by atoms with Gasteiger partial charge >= 0.3 is 5.97 Å². The minimum absolute atomic E-state index is 0.211. The molecule has 31 heavy (non-hydrogen) atoms. The predicted octanol–water partition coefficient (Wildman–Crippen LogP) is 2.11. The normalized spacial score (nSPS) is 23.1. The summed E-state index contributed by atoms with van der Waals surface area (Å²) in [5.41, 5.74) is -0.315. The second-order valence-electron chi connectivity index (χ2n) is 8.37. The van der Waals surface area contributed by atoms with Crippen molar-refractivity contribution in [2.75, 3.05) is 13.7 Å². The molecule has 1 unspecified atom stereocenters. The van der Waals surface area contributed by atoms with Crippen molar-refractivity contribution in [3.63, 3.8) is 0 Å². The zero-order valence-electron chi connectivity index (χ0n) is 18.1. The van der Waals surface area contributed by atoms with Gasteiger partial charge in [0, 0.05) is 23.7 Å². The number of allylic oxidation sites excluding steroid dienone is 1. The fourth-order valence-electron chi connectivity index (χ4n) is 3.32. The van der Waals surface area contributed by atoms with E-state index in [1.165, 1.54) is 23.8 Å². The van der Waals surface area contributed by atoms with Crippen molar-refractivity contribution < 1.29 is 28.7 Å². The van der Waals surface area contributed by atoms with Crippen LogP contribution in [0.1, 0.15) is 38.1 Å². The van der Waals surface area contributed by atoms with Gasteiger partial charge in [-0.3, -0.25) is 24.1 Å². The lowest BCUT2D eigenvalue weighted by molar-refractivity contribution is -0.161. The van der Waals surface area contributed by atoms with Crippen molar-refractivity contribution in [3.8, 4) is 0 Å². The molecule has 2 amide bonds. The molecule has 3 atom stereocenters. The Balaban J connectivity index is 1.75. The number of nitrogens with zero attached hydrogens (tertiary/aromatic N) is 1. The summed E-state index contributed by atoms with van der Waals surface area (Å²) >= 11 is 1.23. The smallest absolute Gasteiger partial charge is 0.326 e. The van der Waals surface area contributed by atoms with Crippen molar-refractivity contribution in [1.82, 2.24) is 10.2 Å². The minimum atomic E-state index is -0.769. The Labute approximate surface area is 185 Å². The van der Waals surface area contributed by atoms with Crippen molar-refractivity contribution in [2.45, 2.75) is 44.6 Å². The number of hydrogen-bond donors (Lipinski definition) is 1. The van der Waals surface area contributed by atoms with Gasteiger partial charge < -0.3 is 14.8 Å². The number of amides is 2. The van der Waals surface area contributed by atoms with Gasteiger partial charge in [-0.05, 0) is 19.1 Å².